The third-order valence-electron chi connectivity index (χ3n) is 5.57. The monoisotopic (exact) mass is 769 g/mol. The van der Waals surface area contributed by atoms with Crippen LogP contribution in [0.2, 0.25) is 0 Å². The number of rotatable bonds is 2. The number of aromatic nitrogens is 1. The van der Waals surface area contributed by atoms with Crippen LogP contribution in [-0.2, 0) is 25.9 Å². The van der Waals surface area contributed by atoms with Crippen LogP contribution in [0.25, 0.3) is 11.3 Å². The summed E-state index contributed by atoms with van der Waals surface area (Å²) in [5.41, 5.74) is 6.69. The Labute approximate surface area is 233 Å². The molecule has 3 aromatic carbocycles. The predicted molar refractivity (Wildman–Crippen MR) is 143 cm³/mol. The zero-order valence-electron chi connectivity index (χ0n) is 19.1. The summed E-state index contributed by atoms with van der Waals surface area (Å²) in [4.78, 5) is 14.6. The maximum atomic E-state index is 10.0. The van der Waals surface area contributed by atoms with Gasteiger partial charge in [0, 0.05) is 27.1 Å². The molecule has 0 bridgehead atoms. The molecule has 0 amide bonds. The number of aliphatic hydroxyl groups excluding tert-OH is 1. The number of aliphatic hydroxyl groups is 1. The Morgan fingerprint density at radius 2 is 1.54 bits per heavy atom. The summed E-state index contributed by atoms with van der Waals surface area (Å²) in [7, 11) is 0. The standard InChI is InChI=1S/C23H13BNSe2.C5H8O2.Pt/c1-3-10-19-16(7-1)24-17-8-2-4-11-20(17)27-22-14-15(13-21(26-19)23(22)24)18-9-5-6-12-25-18;1-4(6)3-5(2)7;/h1-13H;3,6H,1-2H3;/q-1;;/b;4-3-;. The maximum absolute atomic E-state index is 10.0. The first-order valence-corrected chi connectivity index (χ1v) is 14.4. The molecule has 6 rings (SSSR count). The third kappa shape index (κ3) is 5.48. The van der Waals surface area contributed by atoms with E-state index in [4.69, 9.17) is 5.11 Å². The molecule has 2 aliphatic rings. The molecular formula is C28H21BNO2PtSe2-. The fourth-order valence-electron chi connectivity index (χ4n) is 4.27. The van der Waals surface area contributed by atoms with Crippen molar-refractivity contribution >= 4 is 76.6 Å². The number of carbonyl (C=O) groups excluding carboxylic acids is 1. The van der Waals surface area contributed by atoms with E-state index in [9.17, 15) is 4.79 Å². The van der Waals surface area contributed by atoms with Crippen molar-refractivity contribution in [1.82, 2.24) is 4.98 Å². The van der Waals surface area contributed by atoms with E-state index < -0.39 is 0 Å². The van der Waals surface area contributed by atoms with Crippen LogP contribution in [0.5, 0.6) is 0 Å². The molecule has 176 valence electrons. The van der Waals surface area contributed by atoms with Gasteiger partial charge >= 0.3 is 172 Å². The van der Waals surface area contributed by atoms with E-state index in [1.165, 1.54) is 54.2 Å². The molecule has 4 aromatic rings. The van der Waals surface area contributed by atoms with Crippen LogP contribution < -0.4 is 34.2 Å². The van der Waals surface area contributed by atoms with E-state index in [-0.39, 0.29) is 32.6 Å². The molecule has 0 saturated heterocycles. The van der Waals surface area contributed by atoms with Gasteiger partial charge in [-0.3, -0.25) is 4.79 Å². The number of fused-ring (bicyclic) bond motifs is 4. The van der Waals surface area contributed by atoms with Crippen molar-refractivity contribution in [2.75, 3.05) is 0 Å². The van der Waals surface area contributed by atoms with Crippen LogP contribution in [0, 0.1) is 6.07 Å². The van der Waals surface area contributed by atoms with Gasteiger partial charge in [0.05, 0.1) is 5.76 Å². The summed E-state index contributed by atoms with van der Waals surface area (Å²) in [6.07, 6.45) is 3.04. The summed E-state index contributed by atoms with van der Waals surface area (Å²) < 4.78 is 5.93. The SMILES string of the molecule is CC(=O)/C=C(/C)O.[Pt].[c-]1c(-c2ccccn2)cc2c3c1[Se]c1ccccc1B3c1ccccc1[Se]2. The molecule has 0 unspecified atom stereocenters. The number of carbonyl (C=O) groups is 1. The van der Waals surface area contributed by atoms with Gasteiger partial charge < -0.3 is 5.11 Å². The average molecular weight is 767 g/mol. The molecule has 3 nitrogen and oxygen atoms in total. The van der Waals surface area contributed by atoms with Gasteiger partial charge in [-0.05, 0) is 13.8 Å². The van der Waals surface area contributed by atoms with Crippen molar-refractivity contribution < 1.29 is 31.0 Å². The van der Waals surface area contributed by atoms with Crippen molar-refractivity contribution in [1.29, 1.82) is 0 Å². The summed E-state index contributed by atoms with van der Waals surface area (Å²) in [5, 5.41) is 8.36. The molecule has 1 N–H and O–H groups in total. The Hall–Kier alpha value is -2.19. The molecule has 3 heterocycles. The molecule has 7 heteroatoms. The summed E-state index contributed by atoms with van der Waals surface area (Å²) in [6.45, 7) is 3.21. The first kappa shape index (κ1) is 25.9. The van der Waals surface area contributed by atoms with Gasteiger partial charge in [0.15, 0.2) is 5.78 Å². The molecule has 0 radical (unpaired) electrons. The molecule has 0 fully saturated rings. The Balaban J connectivity index is 0.000000320. The number of hydrogen-bond donors (Lipinski definition) is 1. The van der Waals surface area contributed by atoms with Crippen LogP contribution >= 0.6 is 0 Å². The zero-order valence-corrected chi connectivity index (χ0v) is 24.8. The number of benzene rings is 3. The second kappa shape index (κ2) is 11.3. The summed E-state index contributed by atoms with van der Waals surface area (Å²) in [6, 6.07) is 30.3. The number of hydrogen-bond acceptors (Lipinski definition) is 3. The first-order chi connectivity index (χ1) is 16.5. The van der Waals surface area contributed by atoms with Crippen molar-refractivity contribution in [2.24, 2.45) is 0 Å². The van der Waals surface area contributed by atoms with Crippen LogP contribution in [-0.4, -0.2) is 52.5 Å². The van der Waals surface area contributed by atoms with Crippen LogP contribution in [0.1, 0.15) is 13.8 Å². The molecular weight excluding hydrogens is 746 g/mol. The Bertz CT molecular complexity index is 1350. The van der Waals surface area contributed by atoms with E-state index in [1.54, 1.807) is 0 Å². The summed E-state index contributed by atoms with van der Waals surface area (Å²) >= 11 is 0.627. The van der Waals surface area contributed by atoms with E-state index in [0.29, 0.717) is 36.6 Å². The Kier molecular flexibility index (Phi) is 8.32. The van der Waals surface area contributed by atoms with Crippen molar-refractivity contribution in [3.05, 3.63) is 96.9 Å². The minimum atomic E-state index is -0.125. The quantitative estimate of drug-likeness (QED) is 0.117. The number of nitrogens with zero attached hydrogens (tertiary/aromatic N) is 1. The van der Waals surface area contributed by atoms with Crippen molar-refractivity contribution in [2.45, 2.75) is 13.8 Å². The van der Waals surface area contributed by atoms with Gasteiger partial charge in [0.25, 0.3) is 0 Å². The third-order valence-corrected chi connectivity index (χ3v) is 10.3. The van der Waals surface area contributed by atoms with Gasteiger partial charge in [0.1, 0.15) is 0 Å². The molecule has 0 spiro atoms. The van der Waals surface area contributed by atoms with Gasteiger partial charge in [0.2, 0.25) is 0 Å². The molecule has 0 aliphatic carbocycles. The summed E-state index contributed by atoms with van der Waals surface area (Å²) in [5.74, 6) is -0.0625. The number of allylic oxidation sites excluding steroid dienone is 2. The van der Waals surface area contributed by atoms with Crippen LogP contribution in [0.3, 0.4) is 0 Å². The molecule has 2 aliphatic heterocycles. The van der Waals surface area contributed by atoms with E-state index in [0.717, 1.165) is 11.3 Å². The van der Waals surface area contributed by atoms with Gasteiger partial charge in [-0.1, -0.05) is 0 Å². The van der Waals surface area contributed by atoms with E-state index in [1.807, 2.05) is 12.3 Å². The Morgan fingerprint density at radius 1 is 0.914 bits per heavy atom. The second-order valence-corrected chi connectivity index (χ2v) is 12.6. The number of pyridine rings is 1. The second-order valence-electron chi connectivity index (χ2n) is 8.11. The fraction of sp³-hybridized carbons (Fsp3) is 0.0714. The van der Waals surface area contributed by atoms with Gasteiger partial charge in [-0.2, -0.15) is 0 Å². The fourth-order valence-corrected chi connectivity index (χ4v) is 9.56. The van der Waals surface area contributed by atoms with E-state index in [2.05, 4.69) is 77.8 Å². The van der Waals surface area contributed by atoms with Crippen molar-refractivity contribution in [3.8, 4) is 11.3 Å². The normalized spacial score (nSPS) is 12.7. The van der Waals surface area contributed by atoms with Crippen LogP contribution in [0.4, 0.5) is 0 Å². The van der Waals surface area contributed by atoms with Crippen LogP contribution in [0.15, 0.2) is 90.8 Å². The first-order valence-electron chi connectivity index (χ1n) is 10.9. The topological polar surface area (TPSA) is 50.2 Å². The Morgan fingerprint density at radius 3 is 2.11 bits per heavy atom. The minimum absolute atomic E-state index is 0. The predicted octanol–water partition coefficient (Wildman–Crippen LogP) is 0.0365. The zero-order chi connectivity index (χ0) is 23.7. The average Bonchev–Trinajstić information content (AvgIpc) is 2.83. The molecule has 35 heavy (non-hydrogen) atoms. The molecule has 0 saturated carbocycles. The molecule has 1 aromatic heterocycles. The van der Waals surface area contributed by atoms with Crippen molar-refractivity contribution in [3.63, 3.8) is 0 Å². The van der Waals surface area contributed by atoms with Gasteiger partial charge in [-0.15, -0.1) is 0 Å². The number of ketones is 1. The van der Waals surface area contributed by atoms with E-state index >= 15 is 0 Å². The van der Waals surface area contributed by atoms with Gasteiger partial charge in [-0.25, -0.2) is 0 Å². The molecule has 0 atom stereocenters.